The molecule has 1 unspecified atom stereocenters. The molecule has 1 fully saturated rings. The van der Waals surface area contributed by atoms with Gasteiger partial charge in [-0.25, -0.2) is 4.39 Å². The summed E-state index contributed by atoms with van der Waals surface area (Å²) in [5, 5.41) is 1.97. The van der Waals surface area contributed by atoms with Crippen molar-refractivity contribution >= 4 is 0 Å². The molecular weight excluding hydrogens is 309 g/mol. The fourth-order valence-corrected chi connectivity index (χ4v) is 2.20. The van der Waals surface area contributed by atoms with Crippen molar-refractivity contribution in [1.29, 1.82) is 0 Å². The minimum absolute atomic E-state index is 0.0226. The molecule has 4 rings (SSSR count). The smallest absolute Gasteiger partial charge is 0.231 e. The Morgan fingerprint density at radius 1 is 1.33 bits per heavy atom. The van der Waals surface area contributed by atoms with Crippen LogP contribution in [-0.4, -0.2) is 26.3 Å². The molecule has 2 heterocycles. The summed E-state index contributed by atoms with van der Waals surface area (Å²) in [6.07, 6.45) is -1.04. The minimum atomic E-state index is -3.20. The van der Waals surface area contributed by atoms with Gasteiger partial charge >= 0.3 is 0 Å². The number of ether oxygens (including phenoxy) is 3. The van der Waals surface area contributed by atoms with E-state index in [9.17, 15) is 4.39 Å². The van der Waals surface area contributed by atoms with Crippen molar-refractivity contribution < 1.29 is 36.4 Å². The van der Waals surface area contributed by atoms with Crippen LogP contribution in [0.2, 0.25) is 0 Å². The lowest BCUT2D eigenvalue weighted by Gasteiger charge is -2.32. The van der Waals surface area contributed by atoms with E-state index in [-0.39, 0.29) is 17.2 Å². The molecule has 4 nitrogen and oxygen atoms in total. The lowest BCUT2D eigenvalue weighted by molar-refractivity contribution is 0.173. The van der Waals surface area contributed by atoms with Crippen LogP contribution < -0.4 is 19.5 Å². The van der Waals surface area contributed by atoms with Gasteiger partial charge in [0.2, 0.25) is 6.75 Å². The predicted molar refractivity (Wildman–Crippen MR) is 88.2 cm³/mol. The third-order valence-corrected chi connectivity index (χ3v) is 3.36. The molecule has 1 saturated heterocycles. The Hall–Kier alpha value is -2.27. The van der Waals surface area contributed by atoms with Gasteiger partial charge in [0.1, 0.15) is 14.3 Å². The molecule has 1 N–H and O–H groups in total. The van der Waals surface area contributed by atoms with Crippen molar-refractivity contribution in [1.82, 2.24) is 5.32 Å². The Labute approximate surface area is 158 Å². The summed E-state index contributed by atoms with van der Waals surface area (Å²) in [7, 11) is 0. The Balaban J connectivity index is 1.86. The molecule has 2 atom stereocenters. The van der Waals surface area contributed by atoms with Gasteiger partial charge in [-0.1, -0.05) is 12.1 Å². The van der Waals surface area contributed by atoms with Crippen molar-refractivity contribution in [2.24, 2.45) is 5.92 Å². The third kappa shape index (κ3) is 3.17. The van der Waals surface area contributed by atoms with Gasteiger partial charge in [-0.2, -0.15) is 0 Å². The summed E-state index contributed by atoms with van der Waals surface area (Å²) in [4.78, 5) is 0. The highest BCUT2D eigenvalue weighted by atomic mass is 19.1. The number of fused-ring (bicyclic) bond motifs is 1. The molecule has 2 aromatic carbocycles. The van der Waals surface area contributed by atoms with Crippen LogP contribution in [0.3, 0.4) is 0 Å². The van der Waals surface area contributed by atoms with Crippen LogP contribution in [0.1, 0.15) is 35.7 Å². The van der Waals surface area contributed by atoms with E-state index < -0.39 is 80.1 Å². The van der Waals surface area contributed by atoms with Gasteiger partial charge in [0.25, 0.3) is 0 Å². The zero-order chi connectivity index (χ0) is 27.9. The van der Waals surface area contributed by atoms with E-state index in [0.29, 0.717) is 0 Å². The summed E-state index contributed by atoms with van der Waals surface area (Å²) in [6, 6.07) is -1.08. The van der Waals surface area contributed by atoms with Crippen molar-refractivity contribution in [2.75, 3.05) is 26.3 Å². The van der Waals surface area contributed by atoms with Crippen LogP contribution in [0.25, 0.3) is 0 Å². The first-order chi connectivity index (χ1) is 16.7. The first kappa shape index (κ1) is 6.56. The summed E-state index contributed by atoms with van der Waals surface area (Å²) in [5.41, 5.74) is -0.894. The van der Waals surface area contributed by atoms with Gasteiger partial charge in [0.05, 0.1) is 14.8 Å². The second kappa shape index (κ2) is 6.69. The van der Waals surface area contributed by atoms with E-state index in [4.69, 9.17) is 32.0 Å². The highest BCUT2D eigenvalue weighted by molar-refractivity contribution is 5.46. The van der Waals surface area contributed by atoms with Crippen molar-refractivity contribution in [3.63, 3.8) is 0 Å². The van der Waals surface area contributed by atoms with Crippen LogP contribution in [0, 0.1) is 11.7 Å². The van der Waals surface area contributed by atoms with E-state index in [2.05, 4.69) is 0 Å². The fourth-order valence-electron chi connectivity index (χ4n) is 2.20. The molecule has 0 aliphatic carbocycles. The Kier molecular flexibility index (Phi) is 1.83. The number of nitrogens with one attached hydrogen (secondary N) is 1. The molecule has 0 spiro atoms. The number of hydrogen-bond donors (Lipinski definition) is 1. The number of rotatable bonds is 4. The molecule has 2 aliphatic heterocycles. The lowest BCUT2D eigenvalue weighted by Crippen LogP contribution is -2.38. The van der Waals surface area contributed by atoms with Gasteiger partial charge in [-0.05, 0) is 48.6 Å². The maximum Gasteiger partial charge on any atom is 0.231 e. The summed E-state index contributed by atoms with van der Waals surface area (Å²) in [5.74, 6) is -7.21. The largest absolute Gasteiger partial charge is 0.493 e. The quantitative estimate of drug-likeness (QED) is 0.925. The standard InChI is InChI=1S/C19H20FNO3/c20-15-3-1-13(2-4-15)17-7-8-21-10-14(17)11-22-16-5-6-18-19(9-16)24-12-23-18/h1-6,9,14,17,21H,7-8,10-12H2/t14-,17?/m0/s1/i1D,2D,3D,4D,8D2,10D2,11D2,12D2,17D. The maximum absolute atomic E-state index is 14.2. The zero-order valence-corrected chi connectivity index (χ0v) is 12.1. The molecule has 0 saturated carbocycles. The number of halogens is 1. The molecule has 126 valence electrons. The van der Waals surface area contributed by atoms with E-state index in [1.165, 1.54) is 6.07 Å². The van der Waals surface area contributed by atoms with Gasteiger partial charge in [-0.3, -0.25) is 0 Å². The van der Waals surface area contributed by atoms with E-state index in [1.807, 2.05) is 5.32 Å². The first-order valence-electron chi connectivity index (χ1n) is 13.5. The molecular formula is C19H20FNO3. The molecule has 0 aromatic heterocycles. The summed E-state index contributed by atoms with van der Waals surface area (Å²) < 4.78 is 136. The monoisotopic (exact) mass is 342 g/mol. The highest BCUT2D eigenvalue weighted by Gasteiger charge is 2.27. The molecule has 0 amide bonds. The van der Waals surface area contributed by atoms with Crippen molar-refractivity contribution in [3.8, 4) is 17.2 Å². The van der Waals surface area contributed by atoms with E-state index in [1.54, 1.807) is 0 Å². The SMILES string of the molecule is [2H]c1c([2H])c(C2([2H])CC([2H])([2H])NC([2H])([2H])[C@H]2C([2H])([2H])Oc2ccc3c(c2)OC([2H])([2H])O3)c([2H])c([2H])c1F. The Morgan fingerprint density at radius 3 is 3.04 bits per heavy atom. The van der Waals surface area contributed by atoms with Crippen LogP contribution in [-0.2, 0) is 0 Å². The molecule has 2 aliphatic rings. The Morgan fingerprint density at radius 2 is 2.17 bits per heavy atom. The zero-order valence-electron chi connectivity index (χ0n) is 25.1. The van der Waals surface area contributed by atoms with Crippen molar-refractivity contribution in [3.05, 3.63) is 53.7 Å². The van der Waals surface area contributed by atoms with Crippen LogP contribution in [0.4, 0.5) is 4.39 Å². The summed E-state index contributed by atoms with van der Waals surface area (Å²) >= 11 is 0. The average molecular weight is 342 g/mol. The van der Waals surface area contributed by atoms with Gasteiger partial charge in [0.15, 0.2) is 11.5 Å². The highest BCUT2D eigenvalue weighted by Crippen LogP contribution is 2.36. The third-order valence-electron chi connectivity index (χ3n) is 3.36. The molecule has 0 radical (unpaired) electrons. The second-order valence-electron chi connectivity index (χ2n) is 4.89. The van der Waals surface area contributed by atoms with Crippen LogP contribution in [0.5, 0.6) is 17.2 Å². The molecule has 2 aromatic rings. The van der Waals surface area contributed by atoms with E-state index in [0.717, 1.165) is 12.1 Å². The summed E-state index contributed by atoms with van der Waals surface area (Å²) in [6.45, 7) is -11.4. The predicted octanol–water partition coefficient (Wildman–Crippen LogP) is 3.33. The van der Waals surface area contributed by atoms with Crippen molar-refractivity contribution in [2.45, 2.75) is 12.3 Å². The van der Waals surface area contributed by atoms with Gasteiger partial charge in [-0.15, -0.1) is 0 Å². The average Bonchev–Trinajstić information content (AvgIpc) is 3.00. The van der Waals surface area contributed by atoms with Gasteiger partial charge < -0.3 is 19.5 Å². The minimum Gasteiger partial charge on any atom is -0.493 e. The normalized spacial score (nSPS) is 40.2. The maximum atomic E-state index is 14.2. The van der Waals surface area contributed by atoms with E-state index >= 15 is 0 Å². The second-order valence-corrected chi connectivity index (χ2v) is 4.89. The topological polar surface area (TPSA) is 39.7 Å². The number of benzene rings is 2. The number of hydrogen-bond acceptors (Lipinski definition) is 4. The number of piperidine rings is 1. The molecule has 0 bridgehead atoms. The Bertz CT molecular complexity index is 1250. The molecule has 24 heavy (non-hydrogen) atoms. The van der Waals surface area contributed by atoms with Crippen LogP contribution in [0.15, 0.2) is 42.4 Å². The lowest BCUT2D eigenvalue weighted by atomic mass is 9.81. The molecule has 5 heteroatoms. The van der Waals surface area contributed by atoms with Gasteiger partial charge in [0, 0.05) is 25.3 Å². The van der Waals surface area contributed by atoms with Crippen LogP contribution >= 0.6 is 0 Å². The first-order valence-corrected chi connectivity index (χ1v) is 6.97. The fraction of sp³-hybridized carbons (Fsp3) is 0.368.